The summed E-state index contributed by atoms with van der Waals surface area (Å²) in [6.45, 7) is 5.74. The number of benzene rings is 1. The van der Waals surface area contributed by atoms with Crippen molar-refractivity contribution in [1.82, 2.24) is 14.2 Å². The third-order valence-corrected chi connectivity index (χ3v) is 7.93. The molecule has 174 valence electrons. The van der Waals surface area contributed by atoms with E-state index in [0.717, 1.165) is 5.56 Å². The molecule has 2 aromatic rings. The second kappa shape index (κ2) is 9.86. The number of aryl methyl sites for hydroxylation is 1. The standard InChI is InChI=1S/C22H28BrN3O5S/c1-14-5-7-18(8-6-14)32(29,30)25(4)12-20-15(2)11-26(16(3)13-27)22(28)19-9-17(23)10-24-21(19)31-20/h5-10,15-16,20,27H,11-13H2,1-4H3/t15-,16-,20+/m0/s1. The zero-order valence-electron chi connectivity index (χ0n) is 18.5. The minimum absolute atomic E-state index is 0.0735. The van der Waals surface area contributed by atoms with Gasteiger partial charge < -0.3 is 14.7 Å². The van der Waals surface area contributed by atoms with Gasteiger partial charge in [-0.15, -0.1) is 0 Å². The maximum absolute atomic E-state index is 13.2. The fourth-order valence-corrected chi connectivity index (χ4v) is 5.05. The molecule has 2 heterocycles. The maximum atomic E-state index is 13.2. The molecule has 8 nitrogen and oxygen atoms in total. The van der Waals surface area contributed by atoms with Crippen LogP contribution in [0.1, 0.15) is 29.8 Å². The number of amides is 1. The summed E-state index contributed by atoms with van der Waals surface area (Å²) in [4.78, 5) is 19.2. The van der Waals surface area contributed by atoms with E-state index >= 15 is 0 Å². The number of ether oxygens (including phenoxy) is 1. The Balaban J connectivity index is 1.94. The van der Waals surface area contributed by atoms with Gasteiger partial charge >= 0.3 is 0 Å². The SMILES string of the molecule is Cc1ccc(S(=O)(=O)N(C)C[C@H]2Oc3ncc(Br)cc3C(=O)N([C@@H](C)CO)C[C@@H]2C)cc1. The van der Waals surface area contributed by atoms with Crippen molar-refractivity contribution in [3.05, 3.63) is 52.1 Å². The van der Waals surface area contributed by atoms with Gasteiger partial charge in [-0.05, 0) is 48.0 Å². The fraction of sp³-hybridized carbons (Fsp3) is 0.455. The van der Waals surface area contributed by atoms with Crippen molar-refractivity contribution in [2.75, 3.05) is 26.7 Å². The molecule has 1 amide bonds. The molecule has 0 saturated carbocycles. The van der Waals surface area contributed by atoms with Gasteiger partial charge in [0.1, 0.15) is 11.7 Å². The lowest BCUT2D eigenvalue weighted by atomic mass is 10.0. The molecule has 10 heteroatoms. The topological polar surface area (TPSA) is 100 Å². The Morgan fingerprint density at radius 3 is 2.62 bits per heavy atom. The van der Waals surface area contributed by atoms with Crippen molar-refractivity contribution in [2.45, 2.75) is 37.8 Å². The first-order chi connectivity index (χ1) is 15.0. The predicted octanol–water partition coefficient (Wildman–Crippen LogP) is 2.69. The number of sulfonamides is 1. The number of carbonyl (C=O) groups is 1. The second-order valence-corrected chi connectivity index (χ2v) is 11.2. The van der Waals surface area contributed by atoms with E-state index in [-0.39, 0.29) is 41.3 Å². The lowest BCUT2D eigenvalue weighted by Crippen LogP contribution is -2.50. The van der Waals surface area contributed by atoms with Gasteiger partial charge in [-0.25, -0.2) is 13.4 Å². The third kappa shape index (κ3) is 5.14. The highest BCUT2D eigenvalue weighted by Crippen LogP contribution is 2.29. The van der Waals surface area contributed by atoms with Crippen molar-refractivity contribution in [3.8, 4) is 5.88 Å². The van der Waals surface area contributed by atoms with Crippen LogP contribution in [0.25, 0.3) is 0 Å². The zero-order chi connectivity index (χ0) is 23.6. The minimum Gasteiger partial charge on any atom is -0.472 e. The van der Waals surface area contributed by atoms with Crippen LogP contribution in [0.15, 0.2) is 45.9 Å². The first-order valence-corrected chi connectivity index (χ1v) is 12.5. The summed E-state index contributed by atoms with van der Waals surface area (Å²) in [5.74, 6) is -0.366. The van der Waals surface area contributed by atoms with E-state index < -0.39 is 22.2 Å². The number of halogens is 1. The number of fused-ring (bicyclic) bond motifs is 1. The highest BCUT2D eigenvalue weighted by molar-refractivity contribution is 9.10. The van der Waals surface area contributed by atoms with Crippen LogP contribution >= 0.6 is 15.9 Å². The molecule has 1 aromatic heterocycles. The van der Waals surface area contributed by atoms with Gasteiger partial charge in [0.05, 0.1) is 24.1 Å². The van der Waals surface area contributed by atoms with E-state index in [1.165, 1.54) is 17.5 Å². The monoisotopic (exact) mass is 525 g/mol. The summed E-state index contributed by atoms with van der Waals surface area (Å²) >= 11 is 3.34. The average molecular weight is 526 g/mol. The number of rotatable bonds is 6. The molecule has 3 atom stereocenters. The molecule has 0 unspecified atom stereocenters. The Bertz CT molecular complexity index is 1080. The van der Waals surface area contributed by atoms with Crippen LogP contribution in [0.3, 0.4) is 0 Å². The van der Waals surface area contributed by atoms with Gasteiger partial charge in [0.25, 0.3) is 5.91 Å². The van der Waals surface area contributed by atoms with Crippen LogP contribution in [0.5, 0.6) is 5.88 Å². The van der Waals surface area contributed by atoms with Gasteiger partial charge in [0, 0.05) is 30.2 Å². The summed E-state index contributed by atoms with van der Waals surface area (Å²) in [5, 5.41) is 9.68. The van der Waals surface area contributed by atoms with Crippen molar-refractivity contribution in [3.63, 3.8) is 0 Å². The molecule has 3 rings (SSSR count). The number of likely N-dealkylation sites (N-methyl/N-ethyl adjacent to an activating group) is 1. The number of aromatic nitrogens is 1. The summed E-state index contributed by atoms with van der Waals surface area (Å²) in [6, 6.07) is 7.90. The van der Waals surface area contributed by atoms with Crippen LogP contribution in [0.4, 0.5) is 0 Å². The van der Waals surface area contributed by atoms with Crippen LogP contribution in [0.2, 0.25) is 0 Å². The van der Waals surface area contributed by atoms with Crippen molar-refractivity contribution in [2.24, 2.45) is 5.92 Å². The molecule has 0 radical (unpaired) electrons. The van der Waals surface area contributed by atoms with E-state index in [1.54, 1.807) is 42.2 Å². The van der Waals surface area contributed by atoms with E-state index in [1.807, 2.05) is 13.8 Å². The lowest BCUT2D eigenvalue weighted by Gasteiger charge is -2.37. The van der Waals surface area contributed by atoms with E-state index in [0.29, 0.717) is 11.0 Å². The number of pyridine rings is 1. The first-order valence-electron chi connectivity index (χ1n) is 10.3. The average Bonchev–Trinajstić information content (AvgIpc) is 2.76. The normalized spacial score (nSPS) is 20.3. The van der Waals surface area contributed by atoms with Gasteiger partial charge in [0.15, 0.2) is 0 Å². The number of hydrogen-bond acceptors (Lipinski definition) is 6. The smallest absolute Gasteiger partial charge is 0.259 e. The first kappa shape index (κ1) is 24.6. The fourth-order valence-electron chi connectivity index (χ4n) is 3.54. The molecule has 0 spiro atoms. The molecule has 0 saturated heterocycles. The number of nitrogens with zero attached hydrogens (tertiary/aromatic N) is 3. The lowest BCUT2D eigenvalue weighted by molar-refractivity contribution is 0.0373. The number of aliphatic hydroxyl groups excluding tert-OH is 1. The highest BCUT2D eigenvalue weighted by atomic mass is 79.9. The zero-order valence-corrected chi connectivity index (χ0v) is 20.9. The third-order valence-electron chi connectivity index (χ3n) is 5.65. The molecule has 0 bridgehead atoms. The van der Waals surface area contributed by atoms with Crippen molar-refractivity contribution < 1.29 is 23.1 Å². The molecular formula is C22H28BrN3O5S. The summed E-state index contributed by atoms with van der Waals surface area (Å²) < 4.78 is 34.2. The van der Waals surface area contributed by atoms with Crippen LogP contribution in [-0.2, 0) is 10.0 Å². The van der Waals surface area contributed by atoms with E-state index in [2.05, 4.69) is 20.9 Å². The van der Waals surface area contributed by atoms with E-state index in [4.69, 9.17) is 4.74 Å². The summed E-state index contributed by atoms with van der Waals surface area (Å²) in [5.41, 5.74) is 1.24. The Labute approximate surface area is 197 Å². The molecule has 32 heavy (non-hydrogen) atoms. The van der Waals surface area contributed by atoms with Gasteiger partial charge in [-0.1, -0.05) is 24.6 Å². The van der Waals surface area contributed by atoms with E-state index in [9.17, 15) is 18.3 Å². The quantitative estimate of drug-likeness (QED) is 0.622. The molecule has 1 N–H and O–H groups in total. The van der Waals surface area contributed by atoms with Gasteiger partial charge in [-0.2, -0.15) is 4.31 Å². The number of aliphatic hydroxyl groups is 1. The summed E-state index contributed by atoms with van der Waals surface area (Å²) in [7, 11) is -2.21. The number of carbonyl (C=O) groups excluding carboxylic acids is 1. The maximum Gasteiger partial charge on any atom is 0.259 e. The minimum atomic E-state index is -3.72. The molecule has 0 fully saturated rings. The Kier molecular flexibility index (Phi) is 7.59. The molecule has 1 aromatic carbocycles. The second-order valence-electron chi connectivity index (χ2n) is 8.23. The van der Waals surface area contributed by atoms with Crippen LogP contribution < -0.4 is 4.74 Å². The molecule has 1 aliphatic heterocycles. The Hall–Kier alpha value is -2.01. The Morgan fingerprint density at radius 2 is 2.00 bits per heavy atom. The largest absolute Gasteiger partial charge is 0.472 e. The number of hydrogen-bond donors (Lipinski definition) is 1. The Morgan fingerprint density at radius 1 is 1.34 bits per heavy atom. The van der Waals surface area contributed by atoms with Crippen LogP contribution in [0, 0.1) is 12.8 Å². The highest BCUT2D eigenvalue weighted by Gasteiger charge is 2.35. The van der Waals surface area contributed by atoms with Gasteiger partial charge in [0.2, 0.25) is 15.9 Å². The predicted molar refractivity (Wildman–Crippen MR) is 124 cm³/mol. The van der Waals surface area contributed by atoms with Gasteiger partial charge in [-0.3, -0.25) is 4.79 Å². The van der Waals surface area contributed by atoms with Crippen LogP contribution in [-0.4, -0.2) is 72.5 Å². The molecule has 0 aliphatic carbocycles. The van der Waals surface area contributed by atoms with Crippen molar-refractivity contribution in [1.29, 1.82) is 0 Å². The summed E-state index contributed by atoms with van der Waals surface area (Å²) in [6.07, 6.45) is 0.969. The molecule has 1 aliphatic rings. The molecular weight excluding hydrogens is 498 g/mol. The van der Waals surface area contributed by atoms with Crippen molar-refractivity contribution >= 4 is 31.9 Å².